The Morgan fingerprint density at radius 1 is 1.00 bits per heavy atom. The zero-order valence-corrected chi connectivity index (χ0v) is 12.6. The van der Waals surface area contributed by atoms with Crippen LogP contribution in [0.15, 0.2) is 45.6 Å². The molecule has 0 spiro atoms. The molecule has 0 amide bonds. The van der Waals surface area contributed by atoms with Gasteiger partial charge in [0.2, 0.25) is 0 Å². The highest BCUT2D eigenvalue weighted by molar-refractivity contribution is 5.82. The summed E-state index contributed by atoms with van der Waals surface area (Å²) in [5.41, 5.74) is 11.6. The largest absolute Gasteiger partial charge is 0.456 e. The van der Waals surface area contributed by atoms with Crippen molar-refractivity contribution >= 4 is 22.3 Å². The molecular weight excluding hydrogens is 321 g/mol. The van der Waals surface area contributed by atoms with Crippen molar-refractivity contribution < 1.29 is 17.6 Å². The summed E-state index contributed by atoms with van der Waals surface area (Å²) in [7, 11) is 0. The number of halogens is 3. The van der Waals surface area contributed by atoms with Gasteiger partial charge in [-0.15, -0.1) is 0 Å². The highest BCUT2D eigenvalue weighted by atomic mass is 19.4. The first-order chi connectivity index (χ1) is 11.2. The Bertz CT molecular complexity index is 987. The van der Waals surface area contributed by atoms with Crippen LogP contribution in [-0.2, 0) is 6.18 Å². The molecule has 7 heteroatoms. The topological polar surface area (TPSA) is 82.2 Å². The van der Waals surface area contributed by atoms with Crippen LogP contribution in [0.1, 0.15) is 11.1 Å². The first-order valence-corrected chi connectivity index (χ1v) is 6.98. The molecule has 4 N–H and O–H groups in total. The van der Waals surface area contributed by atoms with E-state index in [4.69, 9.17) is 15.9 Å². The Morgan fingerprint density at radius 2 is 1.62 bits per heavy atom. The Morgan fingerprint density at radius 3 is 2.21 bits per heavy atom. The van der Waals surface area contributed by atoms with Crippen LogP contribution >= 0.6 is 0 Å². The van der Waals surface area contributed by atoms with Crippen LogP contribution < -0.4 is 16.9 Å². The molecule has 0 radical (unpaired) electrons. The van der Waals surface area contributed by atoms with Crippen molar-refractivity contribution in [2.24, 2.45) is 0 Å². The molecule has 3 aromatic rings. The van der Waals surface area contributed by atoms with E-state index in [1.54, 1.807) is 18.2 Å². The summed E-state index contributed by atoms with van der Waals surface area (Å²) in [6.45, 7) is 1.49. The number of benzene rings is 2. The molecule has 4 nitrogen and oxygen atoms in total. The quantitative estimate of drug-likeness (QED) is 0.660. The van der Waals surface area contributed by atoms with Gasteiger partial charge in [0.05, 0.1) is 10.9 Å². The lowest BCUT2D eigenvalue weighted by atomic mass is 10.0. The van der Waals surface area contributed by atoms with E-state index < -0.39 is 17.2 Å². The fraction of sp³-hybridized carbons (Fsp3) is 0.118. The van der Waals surface area contributed by atoms with Gasteiger partial charge in [-0.05, 0) is 43.3 Å². The number of nitrogens with two attached hydrogens (primary N) is 2. The van der Waals surface area contributed by atoms with Gasteiger partial charge in [0.15, 0.2) is 5.43 Å². The predicted molar refractivity (Wildman–Crippen MR) is 86.5 cm³/mol. The SMILES string of the molecule is Cc1c(-c2cc(N)cc(N)c2)oc2ccc(C(F)(F)F)cc2c1=O. The Labute approximate surface area is 134 Å². The van der Waals surface area contributed by atoms with Crippen LogP contribution in [0.2, 0.25) is 0 Å². The van der Waals surface area contributed by atoms with Crippen molar-refractivity contribution in [1.29, 1.82) is 0 Å². The second kappa shape index (κ2) is 5.30. The highest BCUT2D eigenvalue weighted by Gasteiger charge is 2.31. The lowest BCUT2D eigenvalue weighted by Gasteiger charge is -2.11. The van der Waals surface area contributed by atoms with Crippen molar-refractivity contribution in [1.82, 2.24) is 0 Å². The van der Waals surface area contributed by atoms with Crippen molar-refractivity contribution in [3.63, 3.8) is 0 Å². The maximum absolute atomic E-state index is 12.8. The molecule has 0 unspecified atom stereocenters. The molecule has 0 fully saturated rings. The summed E-state index contributed by atoms with van der Waals surface area (Å²) in [4.78, 5) is 12.5. The Hall–Kier alpha value is -2.96. The molecule has 2 aromatic carbocycles. The second-order valence-corrected chi connectivity index (χ2v) is 5.48. The number of rotatable bonds is 1. The number of fused-ring (bicyclic) bond motifs is 1. The number of anilines is 2. The minimum atomic E-state index is -4.53. The monoisotopic (exact) mass is 334 g/mol. The lowest BCUT2D eigenvalue weighted by Crippen LogP contribution is -2.10. The average molecular weight is 334 g/mol. The minimum Gasteiger partial charge on any atom is -0.456 e. The molecule has 124 valence electrons. The molecule has 0 aliphatic rings. The molecular formula is C17H13F3N2O2. The summed E-state index contributed by atoms with van der Waals surface area (Å²) >= 11 is 0. The molecule has 24 heavy (non-hydrogen) atoms. The first-order valence-electron chi connectivity index (χ1n) is 6.98. The summed E-state index contributed by atoms with van der Waals surface area (Å²) in [6, 6.07) is 7.52. The van der Waals surface area contributed by atoms with E-state index in [1.165, 1.54) is 6.92 Å². The number of hydrogen-bond donors (Lipinski definition) is 2. The molecule has 0 saturated heterocycles. The molecule has 0 bridgehead atoms. The fourth-order valence-corrected chi connectivity index (χ4v) is 2.55. The normalized spacial score (nSPS) is 11.8. The molecule has 3 rings (SSSR count). The third-order valence-corrected chi connectivity index (χ3v) is 3.68. The summed E-state index contributed by atoms with van der Waals surface area (Å²) in [5, 5.41) is -0.122. The van der Waals surface area contributed by atoms with Gasteiger partial charge in [0.25, 0.3) is 0 Å². The average Bonchev–Trinajstić information content (AvgIpc) is 2.48. The highest BCUT2D eigenvalue weighted by Crippen LogP contribution is 2.33. The summed E-state index contributed by atoms with van der Waals surface area (Å²) in [6.07, 6.45) is -4.53. The van der Waals surface area contributed by atoms with Gasteiger partial charge in [-0.3, -0.25) is 4.79 Å². The zero-order chi connectivity index (χ0) is 17.6. The molecule has 0 atom stereocenters. The zero-order valence-electron chi connectivity index (χ0n) is 12.6. The van der Waals surface area contributed by atoms with Crippen molar-refractivity contribution in [3.05, 3.63) is 57.7 Å². The van der Waals surface area contributed by atoms with Gasteiger partial charge in [-0.1, -0.05) is 0 Å². The molecule has 0 aliphatic carbocycles. The molecule has 0 saturated carbocycles. The molecule has 1 aromatic heterocycles. The standard InChI is InChI=1S/C17H13F3N2O2/c1-8-15(23)13-6-10(17(18,19)20)2-3-14(13)24-16(8)9-4-11(21)7-12(22)5-9/h2-7H,21-22H2,1H3. The number of hydrogen-bond acceptors (Lipinski definition) is 4. The first kappa shape index (κ1) is 15.9. The third kappa shape index (κ3) is 2.68. The van der Waals surface area contributed by atoms with Crippen LogP contribution in [0.3, 0.4) is 0 Å². The number of nitrogen functional groups attached to an aromatic ring is 2. The fourth-order valence-electron chi connectivity index (χ4n) is 2.55. The van der Waals surface area contributed by atoms with Crippen LogP contribution in [0, 0.1) is 6.92 Å². The van der Waals surface area contributed by atoms with E-state index in [0.717, 1.165) is 18.2 Å². The van der Waals surface area contributed by atoms with Gasteiger partial charge in [-0.25, -0.2) is 0 Å². The van der Waals surface area contributed by atoms with Gasteiger partial charge < -0.3 is 15.9 Å². The van der Waals surface area contributed by atoms with E-state index in [1.807, 2.05) is 0 Å². The maximum Gasteiger partial charge on any atom is 0.416 e. The number of alkyl halides is 3. The smallest absolute Gasteiger partial charge is 0.416 e. The van der Waals surface area contributed by atoms with Gasteiger partial charge in [-0.2, -0.15) is 13.2 Å². The minimum absolute atomic E-state index is 0.0644. The Kier molecular flexibility index (Phi) is 3.51. The van der Waals surface area contributed by atoms with Gasteiger partial charge in [0.1, 0.15) is 11.3 Å². The van der Waals surface area contributed by atoms with Crippen LogP contribution in [0.25, 0.3) is 22.3 Å². The van der Waals surface area contributed by atoms with E-state index >= 15 is 0 Å². The lowest BCUT2D eigenvalue weighted by molar-refractivity contribution is -0.137. The van der Waals surface area contributed by atoms with Gasteiger partial charge >= 0.3 is 6.18 Å². The van der Waals surface area contributed by atoms with Crippen LogP contribution in [0.4, 0.5) is 24.5 Å². The van der Waals surface area contributed by atoms with Gasteiger partial charge in [0, 0.05) is 22.5 Å². The van der Waals surface area contributed by atoms with Crippen LogP contribution in [-0.4, -0.2) is 0 Å². The van der Waals surface area contributed by atoms with E-state index in [-0.39, 0.29) is 22.3 Å². The van der Waals surface area contributed by atoms with E-state index in [9.17, 15) is 18.0 Å². The molecule has 1 heterocycles. The van der Waals surface area contributed by atoms with Crippen molar-refractivity contribution in [2.45, 2.75) is 13.1 Å². The van der Waals surface area contributed by atoms with E-state index in [2.05, 4.69) is 0 Å². The third-order valence-electron chi connectivity index (χ3n) is 3.68. The Balaban J connectivity index is 2.29. The summed E-state index contributed by atoms with van der Waals surface area (Å²) < 4.78 is 44.1. The van der Waals surface area contributed by atoms with Crippen LogP contribution in [0.5, 0.6) is 0 Å². The maximum atomic E-state index is 12.8. The molecule has 0 aliphatic heterocycles. The van der Waals surface area contributed by atoms with Crippen molar-refractivity contribution in [3.8, 4) is 11.3 Å². The summed E-state index contributed by atoms with van der Waals surface area (Å²) in [5.74, 6) is 0.228. The van der Waals surface area contributed by atoms with E-state index in [0.29, 0.717) is 16.9 Å². The van der Waals surface area contributed by atoms with Crippen molar-refractivity contribution in [2.75, 3.05) is 11.5 Å². The second-order valence-electron chi connectivity index (χ2n) is 5.48. The predicted octanol–water partition coefficient (Wildman–Crippen LogP) is 3.95.